The second-order valence-corrected chi connectivity index (χ2v) is 12.5. The van der Waals surface area contributed by atoms with Crippen molar-refractivity contribution in [2.45, 2.75) is 51.6 Å². The van der Waals surface area contributed by atoms with Crippen molar-refractivity contribution < 1.29 is 27.2 Å². The summed E-state index contributed by atoms with van der Waals surface area (Å²) in [6.07, 6.45) is 3.68. The molecule has 0 unspecified atom stereocenters. The van der Waals surface area contributed by atoms with Crippen LogP contribution in [0.2, 0.25) is 0 Å². The van der Waals surface area contributed by atoms with Gasteiger partial charge < -0.3 is 14.6 Å². The zero-order valence-corrected chi connectivity index (χ0v) is 25.6. The molecule has 8 nitrogen and oxygen atoms in total. The van der Waals surface area contributed by atoms with E-state index >= 15 is 0 Å². The minimum absolute atomic E-state index is 0.00307. The number of aryl methyl sites for hydroxylation is 3. The van der Waals surface area contributed by atoms with E-state index in [2.05, 4.69) is 15.5 Å². The van der Waals surface area contributed by atoms with Crippen molar-refractivity contribution in [1.82, 2.24) is 25.4 Å². The number of rotatable bonds is 8. The summed E-state index contributed by atoms with van der Waals surface area (Å²) >= 11 is 1.20. The molecule has 0 radical (unpaired) electrons. The predicted octanol–water partition coefficient (Wildman–Crippen LogP) is 6.98. The van der Waals surface area contributed by atoms with Crippen LogP contribution in [0.3, 0.4) is 0 Å². The van der Waals surface area contributed by atoms with Gasteiger partial charge in [0.25, 0.3) is 11.8 Å². The van der Waals surface area contributed by atoms with E-state index in [4.69, 9.17) is 9.40 Å². The van der Waals surface area contributed by atoms with Gasteiger partial charge in [-0.05, 0) is 79.6 Å². The van der Waals surface area contributed by atoms with Crippen LogP contribution in [0.5, 0.6) is 0 Å². The Kier molecular flexibility index (Phi) is 7.89. The van der Waals surface area contributed by atoms with Crippen molar-refractivity contribution in [2.24, 2.45) is 0 Å². The number of thiophene rings is 1. The van der Waals surface area contributed by atoms with Gasteiger partial charge in [-0.15, -0.1) is 21.5 Å². The van der Waals surface area contributed by atoms with Gasteiger partial charge in [0.1, 0.15) is 5.82 Å². The van der Waals surface area contributed by atoms with E-state index < -0.39 is 17.5 Å². The molecule has 2 aliphatic heterocycles. The molecule has 0 bridgehead atoms. The molecular weight excluding hydrogens is 615 g/mol. The summed E-state index contributed by atoms with van der Waals surface area (Å²) in [6.45, 7) is 2.31. The fraction of sp³-hybridized carbons (Fsp3) is 0.265. The second kappa shape index (κ2) is 12.2. The molecule has 1 atom stereocenters. The van der Waals surface area contributed by atoms with Gasteiger partial charge in [-0.1, -0.05) is 18.2 Å². The third kappa shape index (κ3) is 5.57. The highest BCUT2D eigenvalue weighted by atomic mass is 32.1. The number of hydrogen-bond acceptors (Lipinski definition) is 7. The lowest BCUT2D eigenvalue weighted by molar-refractivity contribution is 0.0670. The number of piperidine rings is 1. The Bertz CT molecular complexity index is 1970. The molecule has 1 N–H and O–H groups in total. The van der Waals surface area contributed by atoms with E-state index in [9.17, 15) is 22.8 Å². The lowest BCUT2D eigenvalue weighted by Crippen LogP contribution is -2.32. The number of nitrogens with one attached hydrogen (secondary N) is 1. The number of carbonyl (C=O) groups is 2. The molecule has 5 aromatic rings. The van der Waals surface area contributed by atoms with Crippen LogP contribution < -0.4 is 5.32 Å². The number of amides is 2. The monoisotopic (exact) mass is 643 g/mol. The number of carbonyl (C=O) groups excluding carboxylic acids is 2. The Morgan fingerprint density at radius 3 is 2.52 bits per heavy atom. The molecule has 46 heavy (non-hydrogen) atoms. The average Bonchev–Trinajstić information content (AvgIpc) is 3.79. The summed E-state index contributed by atoms with van der Waals surface area (Å²) in [7, 11) is 0. The van der Waals surface area contributed by atoms with Crippen LogP contribution in [0.4, 0.5) is 13.2 Å². The topological polar surface area (TPSA) is 101 Å². The van der Waals surface area contributed by atoms with Gasteiger partial charge in [0.15, 0.2) is 11.6 Å². The lowest BCUT2D eigenvalue weighted by Gasteiger charge is -2.29. The van der Waals surface area contributed by atoms with Crippen molar-refractivity contribution in [2.75, 3.05) is 6.54 Å². The van der Waals surface area contributed by atoms with Crippen LogP contribution >= 0.6 is 11.3 Å². The number of halogens is 3. The molecule has 0 aliphatic carbocycles. The SMILES string of the molecule is Cc1nnc(-c2c(CCc3ccc(F)cc3)nc3c(c2-c2ccc(C(=O)NCc4ccc(F)c(F)c4)s2)C(=O)N2CCCC[C@H]32)o1. The molecule has 5 heterocycles. The Morgan fingerprint density at radius 2 is 1.76 bits per heavy atom. The fourth-order valence-corrected chi connectivity index (χ4v) is 7.18. The van der Waals surface area contributed by atoms with Gasteiger partial charge >= 0.3 is 0 Å². The second-order valence-electron chi connectivity index (χ2n) is 11.4. The first-order valence-electron chi connectivity index (χ1n) is 15.0. The highest BCUT2D eigenvalue weighted by Crippen LogP contribution is 2.48. The molecule has 1 fully saturated rings. The smallest absolute Gasteiger partial charge is 0.261 e. The van der Waals surface area contributed by atoms with Crippen molar-refractivity contribution in [3.05, 3.63) is 111 Å². The average molecular weight is 644 g/mol. The first-order valence-corrected chi connectivity index (χ1v) is 15.8. The van der Waals surface area contributed by atoms with E-state index in [0.29, 0.717) is 68.7 Å². The van der Waals surface area contributed by atoms with Crippen LogP contribution in [-0.4, -0.2) is 38.4 Å². The molecule has 1 saturated heterocycles. The normalized spacial score (nSPS) is 15.6. The maximum Gasteiger partial charge on any atom is 0.261 e. The molecular formula is C34H28F3N5O3S. The molecule has 12 heteroatoms. The van der Waals surface area contributed by atoms with Gasteiger partial charge in [0.2, 0.25) is 11.8 Å². The van der Waals surface area contributed by atoms with Crippen LogP contribution in [0.1, 0.15) is 73.7 Å². The first kappa shape index (κ1) is 29.8. The molecule has 3 aromatic heterocycles. The first-order chi connectivity index (χ1) is 22.3. The van der Waals surface area contributed by atoms with Crippen molar-refractivity contribution >= 4 is 23.2 Å². The zero-order chi connectivity index (χ0) is 31.9. The number of fused-ring (bicyclic) bond motifs is 3. The van der Waals surface area contributed by atoms with Crippen LogP contribution in [0, 0.1) is 24.4 Å². The summed E-state index contributed by atoms with van der Waals surface area (Å²) in [4.78, 5) is 35.3. The van der Waals surface area contributed by atoms with Crippen molar-refractivity contribution in [3.8, 4) is 21.9 Å². The van der Waals surface area contributed by atoms with Crippen LogP contribution in [0.25, 0.3) is 21.9 Å². The number of benzene rings is 2. The minimum Gasteiger partial charge on any atom is -0.421 e. The highest BCUT2D eigenvalue weighted by molar-refractivity contribution is 7.17. The summed E-state index contributed by atoms with van der Waals surface area (Å²) in [5.74, 6) is -2.23. The number of hydrogen-bond donors (Lipinski definition) is 1. The molecule has 2 aliphatic rings. The number of aromatic nitrogens is 3. The largest absolute Gasteiger partial charge is 0.421 e. The van der Waals surface area contributed by atoms with Gasteiger partial charge in [0.05, 0.1) is 33.4 Å². The van der Waals surface area contributed by atoms with Crippen molar-refractivity contribution in [3.63, 3.8) is 0 Å². The Labute approximate surface area is 266 Å². The molecule has 2 aromatic carbocycles. The molecule has 7 rings (SSSR count). The third-order valence-corrected chi connectivity index (χ3v) is 9.51. The standard InChI is InChI=1S/C34H28F3N5O3S/c1-18-40-41-33(45-18)28-24(12-8-19-5-9-21(35)10-6-19)39-31-25-4-2-3-15-42(25)34(44)30(31)29(28)26-13-14-27(46-26)32(43)38-17-20-7-11-22(36)23(37)16-20/h5-7,9-11,13-14,16,25H,2-4,8,12,15,17H2,1H3,(H,38,43)/t25-/m1/s1. The van der Waals surface area contributed by atoms with E-state index in [0.717, 1.165) is 37.0 Å². The van der Waals surface area contributed by atoms with Crippen LogP contribution in [-0.2, 0) is 19.4 Å². The van der Waals surface area contributed by atoms with Crippen LogP contribution in [0.15, 0.2) is 59.0 Å². The fourth-order valence-electron chi connectivity index (χ4n) is 6.20. The third-order valence-electron chi connectivity index (χ3n) is 8.41. The molecule has 2 amide bonds. The Hall–Kier alpha value is -4.84. The predicted molar refractivity (Wildman–Crippen MR) is 165 cm³/mol. The van der Waals surface area contributed by atoms with E-state index in [1.54, 1.807) is 31.2 Å². The van der Waals surface area contributed by atoms with Crippen molar-refractivity contribution in [1.29, 1.82) is 0 Å². The van der Waals surface area contributed by atoms with Gasteiger partial charge in [-0.2, -0.15) is 0 Å². The molecule has 0 saturated carbocycles. The maximum atomic E-state index is 14.0. The summed E-state index contributed by atoms with van der Waals surface area (Å²) in [5, 5.41) is 11.1. The highest BCUT2D eigenvalue weighted by Gasteiger charge is 2.43. The zero-order valence-electron chi connectivity index (χ0n) is 24.8. The Balaban J connectivity index is 1.31. The van der Waals surface area contributed by atoms with Gasteiger partial charge in [0, 0.05) is 30.5 Å². The summed E-state index contributed by atoms with van der Waals surface area (Å²) in [5.41, 5.74) is 4.30. The van der Waals surface area contributed by atoms with E-state index in [-0.39, 0.29) is 30.2 Å². The van der Waals surface area contributed by atoms with Gasteiger partial charge in [-0.25, -0.2) is 13.2 Å². The Morgan fingerprint density at radius 1 is 0.957 bits per heavy atom. The quantitative estimate of drug-likeness (QED) is 0.196. The lowest BCUT2D eigenvalue weighted by atomic mass is 9.92. The maximum absolute atomic E-state index is 14.0. The molecule has 0 spiro atoms. The van der Waals surface area contributed by atoms with E-state index in [1.807, 2.05) is 4.90 Å². The minimum atomic E-state index is -0.989. The summed E-state index contributed by atoms with van der Waals surface area (Å²) < 4.78 is 46.6. The van der Waals surface area contributed by atoms with Gasteiger partial charge in [-0.3, -0.25) is 14.6 Å². The number of nitrogens with zero attached hydrogens (tertiary/aromatic N) is 4. The number of pyridine rings is 1. The van der Waals surface area contributed by atoms with E-state index in [1.165, 1.54) is 29.5 Å². The molecule has 234 valence electrons. The summed E-state index contributed by atoms with van der Waals surface area (Å²) in [6, 6.07) is 13.1.